The second kappa shape index (κ2) is 7.59. The van der Waals surface area contributed by atoms with Crippen LogP contribution in [0.4, 0.5) is 0 Å². The van der Waals surface area contributed by atoms with E-state index >= 15 is 0 Å². The Kier molecular flexibility index (Phi) is 6.98. The Balaban J connectivity index is 3.53. The number of carbonyl (C=O) groups excluding carboxylic acids is 1. The monoisotopic (exact) mass is 182 g/mol. The largest absolute Gasteiger partial charge is 0.459 e. The van der Waals surface area contributed by atoms with Crippen molar-refractivity contribution in [3.05, 3.63) is 24.3 Å². The van der Waals surface area contributed by atoms with Crippen LogP contribution >= 0.6 is 0 Å². The third-order valence-corrected chi connectivity index (χ3v) is 1.49. The Morgan fingerprint density at radius 3 is 2.54 bits per heavy atom. The molecule has 0 N–H and O–H groups in total. The lowest BCUT2D eigenvalue weighted by Gasteiger charge is -2.05. The fourth-order valence-electron chi connectivity index (χ4n) is 0.948. The summed E-state index contributed by atoms with van der Waals surface area (Å²) in [4.78, 5) is 10.5. The lowest BCUT2D eigenvalue weighted by atomic mass is 10.2. The molecular formula is C11H18O2. The summed E-state index contributed by atoms with van der Waals surface area (Å²) < 4.78 is 4.91. The van der Waals surface area contributed by atoms with E-state index < -0.39 is 0 Å². The van der Waals surface area contributed by atoms with Gasteiger partial charge in [-0.05, 0) is 32.8 Å². The summed E-state index contributed by atoms with van der Waals surface area (Å²) >= 11 is 0. The van der Waals surface area contributed by atoms with Crippen LogP contribution in [-0.2, 0) is 9.53 Å². The summed E-state index contributed by atoms with van der Waals surface area (Å²) in [5.41, 5.74) is 0. The number of esters is 1. The molecule has 0 heterocycles. The van der Waals surface area contributed by atoms with Crippen LogP contribution in [0.15, 0.2) is 24.3 Å². The highest BCUT2D eigenvalue weighted by Crippen LogP contribution is 1.97. The van der Waals surface area contributed by atoms with Crippen molar-refractivity contribution < 1.29 is 9.53 Å². The molecule has 0 fully saturated rings. The SMILES string of the molecule is C/C=C/CC/C=C/C(C)OC(C)=O. The minimum absolute atomic E-state index is 0.108. The first-order valence-electron chi connectivity index (χ1n) is 4.62. The highest BCUT2D eigenvalue weighted by atomic mass is 16.5. The summed E-state index contributed by atoms with van der Waals surface area (Å²) in [5, 5.41) is 0. The Bertz CT molecular complexity index is 192. The van der Waals surface area contributed by atoms with Gasteiger partial charge in [-0.3, -0.25) is 4.79 Å². The Morgan fingerprint density at radius 2 is 2.00 bits per heavy atom. The van der Waals surface area contributed by atoms with Crippen LogP contribution in [0, 0.1) is 0 Å². The smallest absolute Gasteiger partial charge is 0.303 e. The average molecular weight is 182 g/mol. The molecule has 0 amide bonds. The van der Waals surface area contributed by atoms with Crippen LogP contribution in [0.1, 0.15) is 33.6 Å². The summed E-state index contributed by atoms with van der Waals surface area (Å²) in [6, 6.07) is 0. The molecule has 2 nitrogen and oxygen atoms in total. The lowest BCUT2D eigenvalue weighted by Crippen LogP contribution is -2.08. The van der Waals surface area contributed by atoms with Crippen molar-refractivity contribution in [3.8, 4) is 0 Å². The fraction of sp³-hybridized carbons (Fsp3) is 0.545. The van der Waals surface area contributed by atoms with Gasteiger partial charge >= 0.3 is 5.97 Å². The third kappa shape index (κ3) is 8.86. The first-order valence-corrected chi connectivity index (χ1v) is 4.62. The predicted octanol–water partition coefficient (Wildman–Crippen LogP) is 2.85. The van der Waals surface area contributed by atoms with E-state index in [0.717, 1.165) is 12.8 Å². The van der Waals surface area contributed by atoms with Crippen molar-refractivity contribution in [2.45, 2.75) is 39.7 Å². The molecule has 0 aromatic carbocycles. The van der Waals surface area contributed by atoms with E-state index in [9.17, 15) is 4.79 Å². The fourth-order valence-corrected chi connectivity index (χ4v) is 0.948. The van der Waals surface area contributed by atoms with Crippen molar-refractivity contribution >= 4 is 5.97 Å². The van der Waals surface area contributed by atoms with Gasteiger partial charge < -0.3 is 4.74 Å². The van der Waals surface area contributed by atoms with E-state index in [1.165, 1.54) is 6.92 Å². The summed E-state index contributed by atoms with van der Waals surface area (Å²) in [6.07, 6.45) is 10.0. The molecule has 2 heteroatoms. The van der Waals surface area contributed by atoms with Crippen LogP contribution < -0.4 is 0 Å². The molecule has 1 atom stereocenters. The molecule has 0 saturated carbocycles. The van der Waals surface area contributed by atoms with Gasteiger partial charge in [-0.1, -0.05) is 18.2 Å². The molecule has 0 rings (SSSR count). The van der Waals surface area contributed by atoms with E-state index in [0.29, 0.717) is 0 Å². The van der Waals surface area contributed by atoms with Gasteiger partial charge in [0.05, 0.1) is 0 Å². The third-order valence-electron chi connectivity index (χ3n) is 1.49. The van der Waals surface area contributed by atoms with Gasteiger partial charge in [0.1, 0.15) is 6.10 Å². The molecule has 0 aliphatic rings. The van der Waals surface area contributed by atoms with Crippen LogP contribution in [0.25, 0.3) is 0 Å². The minimum atomic E-state index is -0.231. The summed E-state index contributed by atoms with van der Waals surface area (Å²) in [5.74, 6) is -0.231. The van der Waals surface area contributed by atoms with Gasteiger partial charge in [0.15, 0.2) is 0 Å². The molecule has 74 valence electrons. The minimum Gasteiger partial charge on any atom is -0.459 e. The van der Waals surface area contributed by atoms with Gasteiger partial charge in [-0.2, -0.15) is 0 Å². The molecule has 0 aliphatic carbocycles. The molecule has 1 unspecified atom stereocenters. The first-order chi connectivity index (χ1) is 6.16. The van der Waals surface area contributed by atoms with Gasteiger partial charge in [0.25, 0.3) is 0 Å². The summed E-state index contributed by atoms with van der Waals surface area (Å²) in [7, 11) is 0. The van der Waals surface area contributed by atoms with Crippen LogP contribution in [0.2, 0.25) is 0 Å². The normalized spacial score (nSPS) is 13.8. The number of rotatable bonds is 5. The maximum Gasteiger partial charge on any atom is 0.303 e. The molecule has 0 aromatic rings. The van der Waals surface area contributed by atoms with E-state index in [2.05, 4.69) is 6.08 Å². The van der Waals surface area contributed by atoms with Crippen molar-refractivity contribution in [1.29, 1.82) is 0 Å². The molecule has 0 radical (unpaired) electrons. The Hall–Kier alpha value is -1.05. The summed E-state index contributed by atoms with van der Waals surface area (Å²) in [6.45, 7) is 5.28. The highest BCUT2D eigenvalue weighted by molar-refractivity contribution is 5.66. The number of allylic oxidation sites excluding steroid dienone is 3. The number of carbonyl (C=O) groups is 1. The Labute approximate surface area is 80.3 Å². The standard InChI is InChI=1S/C11H18O2/c1-4-5-6-7-8-9-10(2)13-11(3)12/h4-5,8-10H,6-7H2,1-3H3/b5-4+,9-8+. The van der Waals surface area contributed by atoms with Crippen LogP contribution in [0.3, 0.4) is 0 Å². The van der Waals surface area contributed by atoms with Crippen LogP contribution in [0.5, 0.6) is 0 Å². The molecule has 13 heavy (non-hydrogen) atoms. The van der Waals surface area contributed by atoms with Gasteiger partial charge in [0.2, 0.25) is 0 Å². The highest BCUT2D eigenvalue weighted by Gasteiger charge is 1.98. The molecule has 0 aromatic heterocycles. The zero-order valence-electron chi connectivity index (χ0n) is 8.62. The molecule has 0 saturated heterocycles. The van der Waals surface area contributed by atoms with Gasteiger partial charge in [0, 0.05) is 6.92 Å². The molecule has 0 bridgehead atoms. The van der Waals surface area contributed by atoms with Crippen molar-refractivity contribution in [2.24, 2.45) is 0 Å². The number of unbranched alkanes of at least 4 members (excludes halogenated alkanes) is 1. The number of hydrogen-bond acceptors (Lipinski definition) is 2. The second-order valence-electron chi connectivity index (χ2n) is 2.89. The van der Waals surface area contributed by atoms with E-state index in [1.807, 2.05) is 32.1 Å². The quantitative estimate of drug-likeness (QED) is 0.371. The van der Waals surface area contributed by atoms with Crippen molar-refractivity contribution in [2.75, 3.05) is 0 Å². The maximum absolute atomic E-state index is 10.5. The molecule has 0 spiro atoms. The predicted molar refractivity (Wildman–Crippen MR) is 54.4 cm³/mol. The topological polar surface area (TPSA) is 26.3 Å². The van der Waals surface area contributed by atoms with Crippen molar-refractivity contribution in [3.63, 3.8) is 0 Å². The zero-order valence-corrected chi connectivity index (χ0v) is 8.62. The van der Waals surface area contributed by atoms with Crippen molar-refractivity contribution in [1.82, 2.24) is 0 Å². The van der Waals surface area contributed by atoms with E-state index in [1.54, 1.807) is 0 Å². The van der Waals surface area contributed by atoms with Gasteiger partial charge in [-0.15, -0.1) is 0 Å². The Morgan fingerprint density at radius 1 is 1.38 bits per heavy atom. The number of hydrogen-bond donors (Lipinski definition) is 0. The van der Waals surface area contributed by atoms with E-state index in [4.69, 9.17) is 4.74 Å². The molecule has 0 aliphatic heterocycles. The second-order valence-corrected chi connectivity index (χ2v) is 2.89. The van der Waals surface area contributed by atoms with Crippen LogP contribution in [-0.4, -0.2) is 12.1 Å². The van der Waals surface area contributed by atoms with E-state index in [-0.39, 0.29) is 12.1 Å². The average Bonchev–Trinajstić information content (AvgIpc) is 2.02. The molecular weight excluding hydrogens is 164 g/mol. The van der Waals surface area contributed by atoms with Gasteiger partial charge in [-0.25, -0.2) is 0 Å². The maximum atomic E-state index is 10.5. The first kappa shape index (κ1) is 11.9. The number of ether oxygens (including phenoxy) is 1. The zero-order chi connectivity index (χ0) is 10.1. The lowest BCUT2D eigenvalue weighted by molar-refractivity contribution is -0.143.